The highest BCUT2D eigenvalue weighted by Crippen LogP contribution is 2.30. The van der Waals surface area contributed by atoms with Crippen LogP contribution in [0.15, 0.2) is 45.9 Å². The number of amides is 2. The van der Waals surface area contributed by atoms with Crippen molar-refractivity contribution in [2.75, 3.05) is 32.0 Å². The predicted molar refractivity (Wildman–Crippen MR) is 112 cm³/mol. The molecule has 0 aliphatic carbocycles. The predicted octanol–water partition coefficient (Wildman–Crippen LogP) is 2.38. The van der Waals surface area contributed by atoms with E-state index in [1.165, 1.54) is 46.0 Å². The number of carbonyl (C=O) groups is 2. The molecule has 1 aromatic carbocycles. The maximum absolute atomic E-state index is 12.7. The molecule has 1 saturated heterocycles. The molecule has 158 valence electrons. The van der Waals surface area contributed by atoms with E-state index in [2.05, 4.69) is 10.3 Å². The van der Waals surface area contributed by atoms with E-state index in [0.717, 1.165) is 12.8 Å². The Hall–Kier alpha value is -2.76. The van der Waals surface area contributed by atoms with E-state index < -0.39 is 21.8 Å². The molecule has 0 saturated carbocycles. The lowest BCUT2D eigenvalue weighted by Gasteiger charge is -2.15. The van der Waals surface area contributed by atoms with Crippen molar-refractivity contribution < 1.29 is 22.4 Å². The molecule has 2 aromatic heterocycles. The van der Waals surface area contributed by atoms with Gasteiger partial charge in [-0.1, -0.05) is 11.3 Å². The van der Waals surface area contributed by atoms with Gasteiger partial charge in [0.2, 0.25) is 15.9 Å². The number of sulfonamides is 1. The summed E-state index contributed by atoms with van der Waals surface area (Å²) < 4.78 is 32.7. The summed E-state index contributed by atoms with van der Waals surface area (Å²) in [7, 11) is -2.02. The first-order valence-corrected chi connectivity index (χ1v) is 11.6. The first-order chi connectivity index (χ1) is 14.3. The molecule has 1 fully saturated rings. The van der Waals surface area contributed by atoms with Crippen LogP contribution < -0.4 is 5.32 Å². The number of aromatic nitrogens is 1. The number of rotatable bonds is 6. The molecule has 1 aliphatic rings. The summed E-state index contributed by atoms with van der Waals surface area (Å²) in [6.07, 6.45) is 3.13. The number of hydrogen-bond donors (Lipinski definition) is 1. The summed E-state index contributed by atoms with van der Waals surface area (Å²) in [5, 5.41) is 3.00. The second-order valence-corrected chi connectivity index (χ2v) is 9.92. The standard InChI is InChI=1S/C19H20N4O5S2/c1-22(18(25)15-5-4-10-28-15)12-17(24)21-19-20-14-7-6-13(11-16(14)29-19)30(26,27)23-8-2-3-9-23/h4-7,10-11H,2-3,8-9,12H2,1H3,(H,20,21,24). The summed E-state index contributed by atoms with van der Waals surface area (Å²) in [5.74, 6) is -0.672. The van der Waals surface area contributed by atoms with Crippen molar-refractivity contribution in [3.63, 3.8) is 0 Å². The quantitative estimate of drug-likeness (QED) is 0.620. The highest BCUT2D eigenvalue weighted by Gasteiger charge is 2.27. The van der Waals surface area contributed by atoms with E-state index in [-0.39, 0.29) is 17.2 Å². The molecular formula is C19H20N4O5S2. The van der Waals surface area contributed by atoms with Crippen molar-refractivity contribution in [1.82, 2.24) is 14.2 Å². The summed E-state index contributed by atoms with van der Waals surface area (Å²) >= 11 is 1.18. The largest absolute Gasteiger partial charge is 0.459 e. The van der Waals surface area contributed by atoms with Gasteiger partial charge in [0.25, 0.3) is 5.91 Å². The zero-order valence-corrected chi connectivity index (χ0v) is 17.8. The average molecular weight is 449 g/mol. The molecule has 0 unspecified atom stereocenters. The lowest BCUT2D eigenvalue weighted by molar-refractivity contribution is -0.116. The number of hydrogen-bond acceptors (Lipinski definition) is 7. The minimum absolute atomic E-state index is 0.150. The fourth-order valence-corrected chi connectivity index (χ4v) is 5.77. The number of anilines is 1. The maximum atomic E-state index is 12.7. The zero-order valence-electron chi connectivity index (χ0n) is 16.2. The maximum Gasteiger partial charge on any atom is 0.289 e. The second kappa shape index (κ2) is 8.17. The van der Waals surface area contributed by atoms with Gasteiger partial charge >= 0.3 is 0 Å². The van der Waals surface area contributed by atoms with Crippen LogP contribution >= 0.6 is 11.3 Å². The lowest BCUT2D eigenvalue weighted by Crippen LogP contribution is -2.34. The molecule has 1 N–H and O–H groups in total. The number of likely N-dealkylation sites (N-methyl/N-ethyl adjacent to an activating group) is 1. The Kier molecular flexibility index (Phi) is 5.58. The van der Waals surface area contributed by atoms with Gasteiger partial charge in [-0.25, -0.2) is 13.4 Å². The number of benzene rings is 1. The summed E-state index contributed by atoms with van der Waals surface area (Å²) in [6, 6.07) is 7.88. The summed E-state index contributed by atoms with van der Waals surface area (Å²) in [4.78, 5) is 30.2. The Balaban J connectivity index is 1.46. The Morgan fingerprint density at radius 3 is 2.73 bits per heavy atom. The molecule has 30 heavy (non-hydrogen) atoms. The Bertz CT molecular complexity index is 1180. The topological polar surface area (TPSA) is 113 Å². The molecule has 0 bridgehead atoms. The molecule has 4 rings (SSSR count). The van der Waals surface area contributed by atoms with Crippen molar-refractivity contribution in [3.05, 3.63) is 42.4 Å². The highest BCUT2D eigenvalue weighted by atomic mass is 32.2. The lowest BCUT2D eigenvalue weighted by atomic mass is 10.3. The molecule has 0 radical (unpaired) electrons. The molecule has 1 aliphatic heterocycles. The fourth-order valence-electron chi connectivity index (χ4n) is 3.23. The van der Waals surface area contributed by atoms with E-state index in [4.69, 9.17) is 4.42 Å². The molecule has 3 heterocycles. The number of fused-ring (bicyclic) bond motifs is 1. The molecule has 3 aromatic rings. The summed E-state index contributed by atoms with van der Waals surface area (Å²) in [6.45, 7) is 0.896. The van der Waals surface area contributed by atoms with Crippen LogP contribution in [-0.4, -0.2) is 61.1 Å². The molecular weight excluding hydrogens is 428 g/mol. The summed E-state index contributed by atoms with van der Waals surface area (Å²) in [5.41, 5.74) is 0.593. The van der Waals surface area contributed by atoms with Gasteiger partial charge in [-0.2, -0.15) is 4.31 Å². The van der Waals surface area contributed by atoms with Crippen LogP contribution in [0.4, 0.5) is 5.13 Å². The van der Waals surface area contributed by atoms with Gasteiger partial charge in [0.15, 0.2) is 10.9 Å². The van der Waals surface area contributed by atoms with E-state index in [1.54, 1.807) is 18.2 Å². The number of carbonyl (C=O) groups excluding carboxylic acids is 2. The molecule has 9 nitrogen and oxygen atoms in total. The number of furan rings is 1. The zero-order chi connectivity index (χ0) is 21.3. The SMILES string of the molecule is CN(CC(=O)Nc1nc2ccc(S(=O)(=O)N3CCCC3)cc2s1)C(=O)c1ccco1. The van der Waals surface area contributed by atoms with Crippen LogP contribution in [0, 0.1) is 0 Å². The van der Waals surface area contributed by atoms with Gasteiger partial charge in [-0.05, 0) is 43.2 Å². The first-order valence-electron chi connectivity index (χ1n) is 9.34. The third kappa shape index (κ3) is 4.09. The van der Waals surface area contributed by atoms with Crippen LogP contribution in [0.25, 0.3) is 10.2 Å². The van der Waals surface area contributed by atoms with Crippen molar-refractivity contribution in [3.8, 4) is 0 Å². The van der Waals surface area contributed by atoms with Crippen LogP contribution in [0.3, 0.4) is 0 Å². The Morgan fingerprint density at radius 2 is 2.03 bits per heavy atom. The van der Waals surface area contributed by atoms with Gasteiger partial charge in [-0.3, -0.25) is 9.59 Å². The fraction of sp³-hybridized carbons (Fsp3) is 0.316. The third-order valence-electron chi connectivity index (χ3n) is 4.77. The normalized spacial score (nSPS) is 14.8. The highest BCUT2D eigenvalue weighted by molar-refractivity contribution is 7.89. The van der Waals surface area contributed by atoms with E-state index >= 15 is 0 Å². The molecule has 2 amide bonds. The Labute approximate surface area is 177 Å². The van der Waals surface area contributed by atoms with E-state index in [1.807, 2.05) is 0 Å². The molecule has 11 heteroatoms. The first kappa shape index (κ1) is 20.5. The number of nitrogens with zero attached hydrogens (tertiary/aromatic N) is 3. The minimum Gasteiger partial charge on any atom is -0.459 e. The van der Waals surface area contributed by atoms with Crippen molar-refractivity contribution in [1.29, 1.82) is 0 Å². The van der Waals surface area contributed by atoms with Crippen LogP contribution in [0.2, 0.25) is 0 Å². The third-order valence-corrected chi connectivity index (χ3v) is 7.60. The van der Waals surface area contributed by atoms with Crippen LogP contribution in [0.1, 0.15) is 23.4 Å². The molecule has 0 spiro atoms. The monoisotopic (exact) mass is 448 g/mol. The van der Waals surface area contributed by atoms with Crippen LogP contribution in [-0.2, 0) is 14.8 Å². The van der Waals surface area contributed by atoms with Crippen molar-refractivity contribution in [2.24, 2.45) is 0 Å². The van der Waals surface area contributed by atoms with E-state index in [9.17, 15) is 18.0 Å². The van der Waals surface area contributed by atoms with Gasteiger partial charge < -0.3 is 14.6 Å². The minimum atomic E-state index is -3.52. The van der Waals surface area contributed by atoms with Gasteiger partial charge in [0, 0.05) is 20.1 Å². The second-order valence-electron chi connectivity index (χ2n) is 6.95. The molecule has 0 atom stereocenters. The average Bonchev–Trinajstić information content (AvgIpc) is 3.47. The smallest absolute Gasteiger partial charge is 0.289 e. The van der Waals surface area contributed by atoms with Crippen LogP contribution in [0.5, 0.6) is 0 Å². The van der Waals surface area contributed by atoms with Gasteiger partial charge in [0.05, 0.1) is 21.4 Å². The van der Waals surface area contributed by atoms with Gasteiger partial charge in [0.1, 0.15) is 6.54 Å². The van der Waals surface area contributed by atoms with Crippen molar-refractivity contribution >= 4 is 48.5 Å². The number of nitrogens with one attached hydrogen (secondary N) is 1. The number of thiazole rings is 1. The van der Waals surface area contributed by atoms with E-state index in [0.29, 0.717) is 28.4 Å². The Morgan fingerprint density at radius 1 is 1.27 bits per heavy atom. The van der Waals surface area contributed by atoms with Crippen molar-refractivity contribution in [2.45, 2.75) is 17.7 Å². The van der Waals surface area contributed by atoms with Gasteiger partial charge in [-0.15, -0.1) is 0 Å².